The number of aromatic amines is 1. The summed E-state index contributed by atoms with van der Waals surface area (Å²) in [7, 11) is 0. The van der Waals surface area contributed by atoms with Crippen LogP contribution in [0.4, 0.5) is 15.1 Å². The molecular weight excluding hydrogens is 399 g/mol. The summed E-state index contributed by atoms with van der Waals surface area (Å²) in [5.74, 6) is -0.411. The zero-order chi connectivity index (χ0) is 21.4. The Kier molecular flexibility index (Phi) is 4.97. The van der Waals surface area contributed by atoms with Crippen LogP contribution in [0.5, 0.6) is 0 Å². The molecule has 0 unspecified atom stereocenters. The van der Waals surface area contributed by atoms with E-state index in [0.29, 0.717) is 27.9 Å². The Morgan fingerprint density at radius 3 is 2.84 bits per heavy atom. The number of carbonyl (C=O) groups is 2. The Hall–Kier alpha value is -3.55. The van der Waals surface area contributed by atoms with E-state index in [1.54, 1.807) is 24.3 Å². The predicted molar refractivity (Wildman–Crippen MR) is 114 cm³/mol. The van der Waals surface area contributed by atoms with Gasteiger partial charge in [0, 0.05) is 16.7 Å². The molecule has 1 aromatic heterocycles. The minimum atomic E-state index is -0.530. The lowest BCUT2D eigenvalue weighted by atomic mass is 9.92. The molecule has 8 heteroatoms. The third-order valence-corrected chi connectivity index (χ3v) is 5.73. The molecule has 7 nitrogen and oxygen atoms in total. The van der Waals surface area contributed by atoms with Crippen molar-refractivity contribution < 1.29 is 18.7 Å². The molecule has 0 atom stereocenters. The predicted octanol–water partition coefficient (Wildman–Crippen LogP) is 4.62. The van der Waals surface area contributed by atoms with Crippen LogP contribution in [0.3, 0.4) is 0 Å². The number of carbonyl (C=O) groups excluding carboxylic acids is 2. The van der Waals surface area contributed by atoms with Gasteiger partial charge in [0.15, 0.2) is 5.78 Å². The summed E-state index contributed by atoms with van der Waals surface area (Å²) in [6.45, 7) is -0.0212. The lowest BCUT2D eigenvalue weighted by Gasteiger charge is -2.21. The van der Waals surface area contributed by atoms with E-state index in [0.717, 1.165) is 25.7 Å². The van der Waals surface area contributed by atoms with Gasteiger partial charge in [0.05, 0.1) is 16.7 Å². The van der Waals surface area contributed by atoms with Gasteiger partial charge >= 0.3 is 6.09 Å². The number of Topliss-reactive ketones (excluding diaryl/α,β-unsaturated/α-hetero) is 1. The van der Waals surface area contributed by atoms with Crippen LogP contribution >= 0.6 is 0 Å². The minimum absolute atomic E-state index is 0.0212. The number of anilines is 1. The van der Waals surface area contributed by atoms with Crippen molar-refractivity contribution in [2.24, 2.45) is 4.99 Å². The molecule has 2 N–H and O–H groups in total. The second-order valence-electron chi connectivity index (χ2n) is 7.86. The number of fused-ring (bicyclic) bond motifs is 2. The van der Waals surface area contributed by atoms with Crippen LogP contribution < -0.4 is 5.32 Å². The van der Waals surface area contributed by atoms with Crippen molar-refractivity contribution in [3.05, 3.63) is 58.9 Å². The lowest BCUT2D eigenvalue weighted by molar-refractivity contribution is 0.0863. The number of hydrogen-bond donors (Lipinski definition) is 2. The second kappa shape index (κ2) is 7.94. The summed E-state index contributed by atoms with van der Waals surface area (Å²) in [4.78, 5) is 36.1. The molecule has 0 saturated heterocycles. The molecule has 2 aliphatic rings. The largest absolute Gasteiger partial charge is 0.446 e. The molecule has 31 heavy (non-hydrogen) atoms. The number of amides is 1. The smallest absolute Gasteiger partial charge is 0.414 e. The fraction of sp³-hybridized carbons (Fsp3) is 0.304. The number of rotatable bonds is 3. The first-order chi connectivity index (χ1) is 15.1. The standard InChI is InChI=1S/C23H21FN4O3/c24-16-8-4-7-15-19(29)12-25-21(20(15)16)13-9-10-17-18(11-13)27-22(26-17)28-23(30)31-14-5-2-1-3-6-14/h4,7-11,14H,1-3,5-6,12H2,(H2,26,27,28,30). The van der Waals surface area contributed by atoms with Gasteiger partial charge in [-0.05, 0) is 43.9 Å². The van der Waals surface area contributed by atoms with Crippen LogP contribution in [0.25, 0.3) is 11.0 Å². The van der Waals surface area contributed by atoms with E-state index in [2.05, 4.69) is 20.3 Å². The van der Waals surface area contributed by atoms with Gasteiger partial charge < -0.3 is 9.72 Å². The number of ether oxygens (including phenoxy) is 1. The van der Waals surface area contributed by atoms with Crippen LogP contribution in [-0.4, -0.2) is 40.2 Å². The van der Waals surface area contributed by atoms with E-state index < -0.39 is 11.9 Å². The molecule has 158 valence electrons. The molecule has 3 aromatic rings. The molecule has 5 rings (SSSR count). The van der Waals surface area contributed by atoms with E-state index >= 15 is 0 Å². The summed E-state index contributed by atoms with van der Waals surface area (Å²) < 4.78 is 20.0. The number of ketones is 1. The van der Waals surface area contributed by atoms with Crippen molar-refractivity contribution in [1.29, 1.82) is 0 Å². The van der Waals surface area contributed by atoms with Gasteiger partial charge in [0.2, 0.25) is 5.95 Å². The molecule has 2 heterocycles. The molecule has 1 saturated carbocycles. The van der Waals surface area contributed by atoms with Crippen molar-refractivity contribution in [3.63, 3.8) is 0 Å². The number of aromatic nitrogens is 2. The molecule has 0 radical (unpaired) electrons. The lowest BCUT2D eigenvalue weighted by Crippen LogP contribution is -2.24. The number of nitrogens with zero attached hydrogens (tertiary/aromatic N) is 2. The Balaban J connectivity index is 1.39. The Labute approximate surface area is 177 Å². The number of nitrogens with one attached hydrogen (secondary N) is 2. The first-order valence-corrected chi connectivity index (χ1v) is 10.4. The normalized spacial score (nSPS) is 16.7. The molecule has 1 aliphatic carbocycles. The van der Waals surface area contributed by atoms with Crippen LogP contribution in [0.15, 0.2) is 41.4 Å². The van der Waals surface area contributed by atoms with Crippen LogP contribution in [0.2, 0.25) is 0 Å². The van der Waals surface area contributed by atoms with Gasteiger partial charge in [-0.15, -0.1) is 0 Å². The number of halogens is 1. The fourth-order valence-corrected chi connectivity index (χ4v) is 4.22. The first-order valence-electron chi connectivity index (χ1n) is 10.4. The van der Waals surface area contributed by atoms with Gasteiger partial charge in [-0.3, -0.25) is 15.1 Å². The van der Waals surface area contributed by atoms with Gasteiger partial charge in [-0.25, -0.2) is 14.2 Å². The second-order valence-corrected chi connectivity index (χ2v) is 7.86. The average molecular weight is 420 g/mol. The van der Waals surface area contributed by atoms with Gasteiger partial charge in [-0.1, -0.05) is 24.6 Å². The maximum absolute atomic E-state index is 14.5. The zero-order valence-corrected chi connectivity index (χ0v) is 16.8. The minimum Gasteiger partial charge on any atom is -0.446 e. The molecule has 1 amide bonds. The van der Waals surface area contributed by atoms with Crippen molar-refractivity contribution in [2.75, 3.05) is 11.9 Å². The van der Waals surface area contributed by atoms with Crippen LogP contribution in [0.1, 0.15) is 53.6 Å². The fourth-order valence-electron chi connectivity index (χ4n) is 4.22. The van der Waals surface area contributed by atoms with Gasteiger partial charge in [0.1, 0.15) is 18.5 Å². The van der Waals surface area contributed by atoms with E-state index in [9.17, 15) is 14.0 Å². The van der Waals surface area contributed by atoms with Gasteiger partial charge in [-0.2, -0.15) is 0 Å². The Morgan fingerprint density at radius 1 is 1.16 bits per heavy atom. The highest BCUT2D eigenvalue weighted by Crippen LogP contribution is 2.26. The highest BCUT2D eigenvalue weighted by atomic mass is 19.1. The van der Waals surface area contributed by atoms with E-state index in [4.69, 9.17) is 4.74 Å². The Morgan fingerprint density at radius 2 is 2.00 bits per heavy atom. The topological polar surface area (TPSA) is 96.4 Å². The number of H-pyrrole nitrogens is 1. The highest BCUT2D eigenvalue weighted by Gasteiger charge is 2.25. The molecular formula is C23H21FN4O3. The summed E-state index contributed by atoms with van der Waals surface area (Å²) in [6, 6.07) is 9.78. The molecule has 0 spiro atoms. The summed E-state index contributed by atoms with van der Waals surface area (Å²) in [5, 5.41) is 2.65. The monoisotopic (exact) mass is 420 g/mol. The third kappa shape index (κ3) is 3.81. The molecule has 0 bridgehead atoms. The molecule has 1 fully saturated rings. The van der Waals surface area contributed by atoms with Crippen molar-refractivity contribution >= 4 is 34.6 Å². The van der Waals surface area contributed by atoms with Gasteiger partial charge in [0.25, 0.3) is 0 Å². The van der Waals surface area contributed by atoms with Crippen molar-refractivity contribution in [1.82, 2.24) is 9.97 Å². The summed E-state index contributed by atoms with van der Waals surface area (Å²) >= 11 is 0. The maximum Gasteiger partial charge on any atom is 0.414 e. The first kappa shape index (κ1) is 19.4. The summed E-state index contributed by atoms with van der Waals surface area (Å²) in [6.07, 6.45) is 4.53. The number of imidazole rings is 1. The number of hydrogen-bond acceptors (Lipinski definition) is 5. The van der Waals surface area contributed by atoms with Crippen molar-refractivity contribution in [2.45, 2.75) is 38.2 Å². The maximum atomic E-state index is 14.5. The van der Waals surface area contributed by atoms with E-state index in [-0.39, 0.29) is 29.9 Å². The van der Waals surface area contributed by atoms with Crippen LogP contribution in [0, 0.1) is 5.82 Å². The van der Waals surface area contributed by atoms with E-state index in [1.165, 1.54) is 18.6 Å². The molecule has 1 aliphatic heterocycles. The number of aliphatic imine (C=N–C) groups is 1. The molecule has 2 aromatic carbocycles. The highest BCUT2D eigenvalue weighted by molar-refractivity contribution is 6.22. The average Bonchev–Trinajstić information content (AvgIpc) is 3.16. The SMILES string of the molecule is O=C(Nc1nc2ccc(C3=NCC(=O)c4cccc(F)c43)cc2[nH]1)OC1CCCCC1. The zero-order valence-electron chi connectivity index (χ0n) is 16.8. The quantitative estimate of drug-likeness (QED) is 0.646. The number of benzene rings is 2. The van der Waals surface area contributed by atoms with Crippen molar-refractivity contribution in [3.8, 4) is 0 Å². The summed E-state index contributed by atoms with van der Waals surface area (Å²) in [5.41, 5.74) is 2.93. The van der Waals surface area contributed by atoms with E-state index in [1.807, 2.05) is 0 Å². The van der Waals surface area contributed by atoms with Crippen LogP contribution in [-0.2, 0) is 4.74 Å². The Bertz CT molecular complexity index is 1210. The third-order valence-electron chi connectivity index (χ3n) is 5.73.